The Hall–Kier alpha value is -0.740. The minimum atomic E-state index is 0.404. The molecule has 1 heterocycles. The molecule has 0 radical (unpaired) electrons. The van der Waals surface area contributed by atoms with Gasteiger partial charge in [-0.15, -0.1) is 0 Å². The molecule has 1 aromatic rings. The van der Waals surface area contributed by atoms with Crippen molar-refractivity contribution in [3.05, 3.63) is 23.7 Å². The smallest absolute Gasteiger partial charge is 0.185 e. The molecule has 0 saturated carbocycles. The molecule has 0 fully saturated rings. The summed E-state index contributed by atoms with van der Waals surface area (Å²) in [5.74, 6) is 2.37. The predicted molar refractivity (Wildman–Crippen MR) is 68.0 cm³/mol. The molecule has 1 rings (SSSR count). The topological polar surface area (TPSA) is 33.5 Å². The van der Waals surface area contributed by atoms with Crippen LogP contribution in [-0.4, -0.2) is 36.3 Å². The number of thioether (sulfide) groups is 1. The van der Waals surface area contributed by atoms with Crippen molar-refractivity contribution in [2.75, 3.05) is 19.1 Å². The molecule has 0 aromatic carbocycles. The van der Waals surface area contributed by atoms with E-state index in [1.165, 1.54) is 0 Å². The Kier molecular flexibility index (Phi) is 5.63. The van der Waals surface area contributed by atoms with E-state index < -0.39 is 0 Å². The summed E-state index contributed by atoms with van der Waals surface area (Å²) in [6.07, 6.45) is 3.98. The van der Waals surface area contributed by atoms with Crippen molar-refractivity contribution >= 4 is 18.0 Å². The Balaban J connectivity index is 2.54. The van der Waals surface area contributed by atoms with E-state index in [1.54, 1.807) is 6.07 Å². The van der Waals surface area contributed by atoms with E-state index in [1.807, 2.05) is 17.8 Å². The predicted octanol–water partition coefficient (Wildman–Crippen LogP) is 2.67. The normalized spacial score (nSPS) is 13.0. The van der Waals surface area contributed by atoms with Gasteiger partial charge in [0, 0.05) is 11.8 Å². The van der Waals surface area contributed by atoms with Crippen molar-refractivity contribution in [3.63, 3.8) is 0 Å². The second-order valence-corrected chi connectivity index (χ2v) is 4.77. The van der Waals surface area contributed by atoms with Gasteiger partial charge in [-0.2, -0.15) is 11.8 Å². The Labute approximate surface area is 101 Å². The van der Waals surface area contributed by atoms with Crippen LogP contribution in [0.15, 0.2) is 16.5 Å². The number of hydrogen-bond acceptors (Lipinski definition) is 4. The molecule has 1 unspecified atom stereocenters. The minimum Gasteiger partial charge on any atom is -0.457 e. The van der Waals surface area contributed by atoms with Gasteiger partial charge in [-0.25, -0.2) is 0 Å². The zero-order chi connectivity index (χ0) is 12.0. The largest absolute Gasteiger partial charge is 0.457 e. The fourth-order valence-corrected chi connectivity index (χ4v) is 2.54. The van der Waals surface area contributed by atoms with Crippen molar-refractivity contribution in [2.24, 2.45) is 0 Å². The van der Waals surface area contributed by atoms with Crippen molar-refractivity contribution in [2.45, 2.75) is 25.9 Å². The van der Waals surface area contributed by atoms with Crippen molar-refractivity contribution in [1.82, 2.24) is 4.90 Å². The van der Waals surface area contributed by atoms with E-state index in [0.717, 1.165) is 30.8 Å². The molecule has 0 aliphatic heterocycles. The molecule has 4 heteroatoms. The fraction of sp³-hybridized carbons (Fsp3) is 0.583. The van der Waals surface area contributed by atoms with Gasteiger partial charge in [-0.1, -0.05) is 6.92 Å². The molecule has 0 N–H and O–H groups in total. The van der Waals surface area contributed by atoms with Crippen LogP contribution in [0.3, 0.4) is 0 Å². The first kappa shape index (κ1) is 13.3. The number of rotatable bonds is 7. The van der Waals surface area contributed by atoms with Crippen LogP contribution in [0.4, 0.5) is 0 Å². The maximum atomic E-state index is 10.5. The Bertz CT molecular complexity index is 325. The maximum Gasteiger partial charge on any atom is 0.185 e. The number of hydrogen-bond donors (Lipinski definition) is 0. The molecule has 0 spiro atoms. The lowest BCUT2D eigenvalue weighted by Crippen LogP contribution is -2.32. The minimum absolute atomic E-state index is 0.404. The average Bonchev–Trinajstić information content (AvgIpc) is 2.73. The van der Waals surface area contributed by atoms with Crippen LogP contribution in [0, 0.1) is 0 Å². The zero-order valence-corrected chi connectivity index (χ0v) is 10.9. The van der Waals surface area contributed by atoms with Crippen LogP contribution in [0.5, 0.6) is 0 Å². The molecule has 90 valence electrons. The van der Waals surface area contributed by atoms with Gasteiger partial charge in [-0.05, 0) is 31.9 Å². The second kappa shape index (κ2) is 6.76. The number of nitrogens with zero attached hydrogens (tertiary/aromatic N) is 1. The highest BCUT2D eigenvalue weighted by molar-refractivity contribution is 7.98. The summed E-state index contributed by atoms with van der Waals surface area (Å²) >= 11 is 1.85. The van der Waals surface area contributed by atoms with Gasteiger partial charge in [-0.3, -0.25) is 9.69 Å². The summed E-state index contributed by atoms with van der Waals surface area (Å²) < 4.78 is 5.36. The Morgan fingerprint density at radius 1 is 1.56 bits per heavy atom. The molecule has 0 amide bonds. The lowest BCUT2D eigenvalue weighted by Gasteiger charge is -2.25. The number of furan rings is 1. The van der Waals surface area contributed by atoms with Crippen LogP contribution >= 0.6 is 11.8 Å². The zero-order valence-electron chi connectivity index (χ0n) is 10.1. The maximum absolute atomic E-state index is 10.5. The number of aldehydes is 1. The van der Waals surface area contributed by atoms with Gasteiger partial charge in [0.25, 0.3) is 0 Å². The molecular formula is C12H19NO2S. The average molecular weight is 241 g/mol. The van der Waals surface area contributed by atoms with Crippen molar-refractivity contribution in [1.29, 1.82) is 0 Å². The molecule has 3 nitrogen and oxygen atoms in total. The Morgan fingerprint density at radius 3 is 2.81 bits per heavy atom. The summed E-state index contributed by atoms with van der Waals surface area (Å²) in [7, 11) is 2.09. The molecule has 0 aliphatic rings. The molecular weight excluding hydrogens is 222 g/mol. The van der Waals surface area contributed by atoms with E-state index in [4.69, 9.17) is 4.42 Å². The van der Waals surface area contributed by atoms with E-state index in [0.29, 0.717) is 11.8 Å². The van der Waals surface area contributed by atoms with E-state index in [-0.39, 0.29) is 0 Å². The first-order chi connectivity index (χ1) is 7.71. The van der Waals surface area contributed by atoms with Crippen LogP contribution in [-0.2, 0) is 6.54 Å². The van der Waals surface area contributed by atoms with Gasteiger partial charge in [0.15, 0.2) is 12.0 Å². The van der Waals surface area contributed by atoms with Crippen LogP contribution < -0.4 is 0 Å². The van der Waals surface area contributed by atoms with Crippen LogP contribution in [0.1, 0.15) is 29.7 Å². The monoisotopic (exact) mass is 241 g/mol. The fourth-order valence-electron chi connectivity index (χ4n) is 1.67. The number of carbonyl (C=O) groups excluding carboxylic acids is 1. The summed E-state index contributed by atoms with van der Waals surface area (Å²) in [6.45, 7) is 2.95. The standard InChI is InChI=1S/C12H19NO2S/c1-4-10(9-16-3)13(2)7-11-5-6-12(8-14)15-11/h5-6,8,10H,4,7,9H2,1-3H3. The highest BCUT2D eigenvalue weighted by Crippen LogP contribution is 2.13. The van der Waals surface area contributed by atoms with E-state index in [9.17, 15) is 4.79 Å². The molecule has 0 aliphatic carbocycles. The highest BCUT2D eigenvalue weighted by atomic mass is 32.2. The summed E-state index contributed by atoms with van der Waals surface area (Å²) in [4.78, 5) is 12.8. The van der Waals surface area contributed by atoms with Crippen molar-refractivity contribution < 1.29 is 9.21 Å². The van der Waals surface area contributed by atoms with Gasteiger partial charge >= 0.3 is 0 Å². The molecule has 1 atom stereocenters. The third-order valence-corrected chi connectivity index (χ3v) is 3.38. The third kappa shape index (κ3) is 3.68. The van der Waals surface area contributed by atoms with Gasteiger partial charge < -0.3 is 4.42 Å². The van der Waals surface area contributed by atoms with Gasteiger partial charge in [0.1, 0.15) is 5.76 Å². The lowest BCUT2D eigenvalue weighted by molar-refractivity contribution is 0.109. The SMILES string of the molecule is CCC(CSC)N(C)Cc1ccc(C=O)o1. The number of carbonyl (C=O) groups is 1. The molecule has 16 heavy (non-hydrogen) atoms. The third-order valence-electron chi connectivity index (χ3n) is 2.66. The van der Waals surface area contributed by atoms with Gasteiger partial charge in [0.2, 0.25) is 0 Å². The first-order valence-corrected chi connectivity index (χ1v) is 6.83. The van der Waals surface area contributed by atoms with Crippen LogP contribution in [0.2, 0.25) is 0 Å². The van der Waals surface area contributed by atoms with Gasteiger partial charge in [0.05, 0.1) is 6.54 Å². The second-order valence-electron chi connectivity index (χ2n) is 3.85. The quantitative estimate of drug-likeness (QED) is 0.687. The first-order valence-electron chi connectivity index (χ1n) is 5.44. The lowest BCUT2D eigenvalue weighted by atomic mass is 10.2. The van der Waals surface area contributed by atoms with E-state index >= 15 is 0 Å². The highest BCUT2D eigenvalue weighted by Gasteiger charge is 2.13. The molecule has 0 saturated heterocycles. The summed E-state index contributed by atoms with van der Waals surface area (Å²) in [6, 6.07) is 4.14. The molecule has 1 aromatic heterocycles. The van der Waals surface area contributed by atoms with Crippen LogP contribution in [0.25, 0.3) is 0 Å². The van der Waals surface area contributed by atoms with Crippen molar-refractivity contribution in [3.8, 4) is 0 Å². The van der Waals surface area contributed by atoms with E-state index in [2.05, 4.69) is 25.1 Å². The summed E-state index contributed by atoms with van der Waals surface area (Å²) in [5.41, 5.74) is 0. The summed E-state index contributed by atoms with van der Waals surface area (Å²) in [5, 5.41) is 0. The Morgan fingerprint density at radius 2 is 2.31 bits per heavy atom. The molecule has 0 bridgehead atoms.